The van der Waals surface area contributed by atoms with E-state index in [1.165, 1.54) is 21.3 Å². The van der Waals surface area contributed by atoms with Crippen LogP contribution in [0, 0.1) is 0 Å². The lowest BCUT2D eigenvalue weighted by molar-refractivity contribution is -0.121. The van der Waals surface area contributed by atoms with Crippen molar-refractivity contribution in [1.82, 2.24) is 15.3 Å². The number of rotatable bonds is 12. The molecule has 2 aromatic carbocycles. The lowest BCUT2D eigenvalue weighted by Crippen LogP contribution is -2.29. The third-order valence-electron chi connectivity index (χ3n) is 6.82. The van der Waals surface area contributed by atoms with E-state index < -0.39 is 23.2 Å². The summed E-state index contributed by atoms with van der Waals surface area (Å²) < 4.78 is 21.4. The molecule has 0 bridgehead atoms. The second kappa shape index (κ2) is 12.9. The van der Waals surface area contributed by atoms with E-state index in [9.17, 15) is 19.5 Å². The standard InChI is InChI=1S/C30H33N3O8/c1-5-41-30(37)21-16-33-29(36)26(27(21)35)20(18-12-23(38-2)28(40-4)24(13-18)39-3)14-25(34)31-11-10-17-15-32-22-9-7-6-8-19(17)22/h6-9,12-13,15-16,20,32H,5,10-11,14H2,1-4H3,(H,31,34)(H2,33,35,36). The van der Waals surface area contributed by atoms with E-state index in [2.05, 4.69) is 15.3 Å². The number of fused-ring (bicyclic) bond motifs is 1. The van der Waals surface area contributed by atoms with Crippen molar-refractivity contribution < 1.29 is 33.6 Å². The van der Waals surface area contributed by atoms with Crippen LogP contribution < -0.4 is 25.1 Å². The minimum absolute atomic E-state index is 0.0713. The van der Waals surface area contributed by atoms with Gasteiger partial charge in [-0.3, -0.25) is 9.59 Å². The Morgan fingerprint density at radius 3 is 2.37 bits per heavy atom. The molecule has 4 aromatic rings. The fourth-order valence-corrected chi connectivity index (χ4v) is 4.85. The number of aromatic nitrogens is 2. The molecule has 0 fully saturated rings. The Labute approximate surface area is 236 Å². The molecule has 11 heteroatoms. The third kappa shape index (κ3) is 6.13. The molecule has 0 saturated heterocycles. The van der Waals surface area contributed by atoms with Gasteiger partial charge < -0.3 is 39.3 Å². The molecule has 4 N–H and O–H groups in total. The summed E-state index contributed by atoms with van der Waals surface area (Å²) >= 11 is 0. The molecule has 1 amide bonds. The molecule has 11 nitrogen and oxygen atoms in total. The van der Waals surface area contributed by atoms with Gasteiger partial charge in [-0.2, -0.15) is 0 Å². The number of aromatic hydroxyl groups is 1. The predicted molar refractivity (Wildman–Crippen MR) is 152 cm³/mol. The monoisotopic (exact) mass is 563 g/mol. The van der Waals surface area contributed by atoms with Gasteiger partial charge in [-0.15, -0.1) is 0 Å². The zero-order valence-corrected chi connectivity index (χ0v) is 23.3. The van der Waals surface area contributed by atoms with Crippen molar-refractivity contribution in [2.75, 3.05) is 34.5 Å². The van der Waals surface area contributed by atoms with Crippen LogP contribution in [0.4, 0.5) is 0 Å². The molecular weight excluding hydrogens is 530 g/mol. The fraction of sp³-hybridized carbons (Fsp3) is 0.300. The predicted octanol–water partition coefficient (Wildman–Crippen LogP) is 3.65. The van der Waals surface area contributed by atoms with Crippen molar-refractivity contribution in [3.63, 3.8) is 0 Å². The highest BCUT2D eigenvalue weighted by atomic mass is 16.5. The number of hydrogen-bond donors (Lipinski definition) is 4. The van der Waals surface area contributed by atoms with Crippen LogP contribution in [0.3, 0.4) is 0 Å². The lowest BCUT2D eigenvalue weighted by atomic mass is 9.87. The van der Waals surface area contributed by atoms with Crippen LogP contribution in [-0.4, -0.2) is 61.4 Å². The number of amides is 1. The van der Waals surface area contributed by atoms with Gasteiger partial charge in [0.15, 0.2) is 11.5 Å². The zero-order valence-electron chi connectivity index (χ0n) is 23.3. The number of methoxy groups -OCH3 is 3. The lowest BCUT2D eigenvalue weighted by Gasteiger charge is -2.21. The first-order valence-corrected chi connectivity index (χ1v) is 13.1. The number of nitrogens with one attached hydrogen (secondary N) is 3. The molecule has 1 atom stereocenters. The summed E-state index contributed by atoms with van der Waals surface area (Å²) in [4.78, 5) is 44.6. The maximum absolute atomic E-state index is 13.3. The van der Waals surface area contributed by atoms with Crippen molar-refractivity contribution in [2.45, 2.75) is 25.7 Å². The number of esters is 1. The average molecular weight is 564 g/mol. The Kier molecular flexibility index (Phi) is 9.18. The van der Waals surface area contributed by atoms with Crippen LogP contribution in [0.1, 0.15) is 46.3 Å². The summed E-state index contributed by atoms with van der Waals surface area (Å²) in [7, 11) is 4.34. The molecule has 0 aliphatic carbocycles. The van der Waals surface area contributed by atoms with Crippen LogP contribution in [0.25, 0.3) is 10.9 Å². The first-order valence-electron chi connectivity index (χ1n) is 13.1. The Morgan fingerprint density at radius 2 is 1.71 bits per heavy atom. The van der Waals surface area contributed by atoms with E-state index in [1.807, 2.05) is 30.5 Å². The van der Waals surface area contributed by atoms with Crippen LogP contribution in [0.2, 0.25) is 0 Å². The number of aromatic amines is 2. The van der Waals surface area contributed by atoms with Crippen LogP contribution in [-0.2, 0) is 16.0 Å². The maximum atomic E-state index is 13.3. The van der Waals surface area contributed by atoms with Gasteiger partial charge in [0, 0.05) is 42.2 Å². The average Bonchev–Trinajstić information content (AvgIpc) is 3.38. The van der Waals surface area contributed by atoms with Gasteiger partial charge in [0.25, 0.3) is 5.56 Å². The largest absolute Gasteiger partial charge is 0.506 e. The van der Waals surface area contributed by atoms with Gasteiger partial charge in [0.2, 0.25) is 11.7 Å². The molecule has 2 aromatic heterocycles. The smallest absolute Gasteiger partial charge is 0.343 e. The van der Waals surface area contributed by atoms with Gasteiger partial charge in [-0.25, -0.2) is 4.79 Å². The molecule has 2 heterocycles. The molecule has 0 saturated carbocycles. The molecule has 1 unspecified atom stereocenters. The molecule has 216 valence electrons. The highest BCUT2D eigenvalue weighted by Crippen LogP contribution is 2.43. The van der Waals surface area contributed by atoms with Gasteiger partial charge in [-0.1, -0.05) is 18.2 Å². The van der Waals surface area contributed by atoms with Crippen LogP contribution in [0.15, 0.2) is 53.6 Å². The van der Waals surface area contributed by atoms with E-state index in [4.69, 9.17) is 18.9 Å². The second-order valence-corrected chi connectivity index (χ2v) is 9.19. The van der Waals surface area contributed by atoms with E-state index >= 15 is 0 Å². The summed E-state index contributed by atoms with van der Waals surface area (Å²) in [5, 5.41) is 15.1. The Bertz CT molecular complexity index is 1580. The van der Waals surface area contributed by atoms with Gasteiger partial charge in [0.1, 0.15) is 11.3 Å². The van der Waals surface area contributed by atoms with E-state index in [0.29, 0.717) is 35.8 Å². The number of ether oxygens (including phenoxy) is 4. The first kappa shape index (κ1) is 29.1. The molecule has 0 aliphatic rings. The second-order valence-electron chi connectivity index (χ2n) is 9.19. The van der Waals surface area contributed by atoms with Crippen LogP contribution in [0.5, 0.6) is 23.0 Å². The highest BCUT2D eigenvalue weighted by molar-refractivity contribution is 5.92. The van der Waals surface area contributed by atoms with E-state index in [1.54, 1.807) is 19.1 Å². The molecule has 0 aliphatic heterocycles. The van der Waals surface area contributed by atoms with Crippen molar-refractivity contribution in [3.8, 4) is 23.0 Å². The topological polar surface area (TPSA) is 152 Å². The van der Waals surface area contributed by atoms with Crippen molar-refractivity contribution in [3.05, 3.63) is 81.4 Å². The maximum Gasteiger partial charge on any atom is 0.343 e. The number of hydrogen-bond acceptors (Lipinski definition) is 8. The SMILES string of the molecule is CCOC(=O)c1c[nH]c(=O)c(C(CC(=O)NCCc2c[nH]c3ccccc23)c2cc(OC)c(OC)c(OC)c2)c1O. The number of carbonyl (C=O) groups excluding carboxylic acids is 2. The zero-order chi connectivity index (χ0) is 29.5. The number of para-hydroxylation sites is 1. The van der Waals surface area contributed by atoms with Crippen molar-refractivity contribution in [1.29, 1.82) is 0 Å². The van der Waals surface area contributed by atoms with Crippen molar-refractivity contribution >= 4 is 22.8 Å². The minimum atomic E-state index is -0.991. The van der Waals surface area contributed by atoms with E-state index in [0.717, 1.165) is 22.7 Å². The van der Waals surface area contributed by atoms with Crippen molar-refractivity contribution in [2.24, 2.45) is 0 Å². The number of pyridine rings is 1. The molecule has 41 heavy (non-hydrogen) atoms. The molecule has 0 radical (unpaired) electrons. The van der Waals surface area contributed by atoms with Crippen LogP contribution >= 0.6 is 0 Å². The van der Waals surface area contributed by atoms with E-state index in [-0.39, 0.29) is 30.1 Å². The summed E-state index contributed by atoms with van der Waals surface area (Å²) in [5.74, 6) is -1.84. The Hall–Kier alpha value is -4.93. The minimum Gasteiger partial charge on any atom is -0.506 e. The summed E-state index contributed by atoms with van der Waals surface area (Å²) in [6.07, 6.45) is 3.35. The molecule has 4 rings (SSSR count). The van der Waals surface area contributed by atoms with Gasteiger partial charge in [0.05, 0.1) is 33.5 Å². The molecular formula is C30H33N3O8. The summed E-state index contributed by atoms with van der Waals surface area (Å²) in [6, 6.07) is 11.1. The summed E-state index contributed by atoms with van der Waals surface area (Å²) in [6.45, 7) is 2.04. The van der Waals surface area contributed by atoms with Gasteiger partial charge in [-0.05, 0) is 42.7 Å². The number of carbonyl (C=O) groups is 2. The quantitative estimate of drug-likeness (QED) is 0.191. The number of H-pyrrole nitrogens is 2. The Balaban J connectivity index is 1.69. The number of benzene rings is 2. The highest BCUT2D eigenvalue weighted by Gasteiger charge is 2.30. The summed E-state index contributed by atoms with van der Waals surface area (Å²) in [5.41, 5.74) is 1.43. The Morgan fingerprint density at radius 1 is 1.00 bits per heavy atom. The first-order chi connectivity index (χ1) is 19.8. The fourth-order valence-electron chi connectivity index (χ4n) is 4.85. The molecule has 0 spiro atoms. The normalized spacial score (nSPS) is 11.6. The van der Waals surface area contributed by atoms with Gasteiger partial charge >= 0.3 is 5.97 Å². The third-order valence-corrected chi connectivity index (χ3v) is 6.82.